The number of aromatic nitrogens is 2. The molecule has 4 unspecified atom stereocenters. The Morgan fingerprint density at radius 1 is 1.38 bits per heavy atom. The number of methoxy groups -OCH3 is 1. The second-order valence-corrected chi connectivity index (χ2v) is 4.20. The normalized spacial score (nSPS) is 23.2. The van der Waals surface area contributed by atoms with Crippen LogP contribution in [0.25, 0.3) is 0 Å². The molecule has 1 aliphatic rings. The Kier molecular flexibility index (Phi) is 19.1. The minimum absolute atomic E-state index is 0. The number of rotatable bonds is 3. The number of aliphatic hydroxyl groups excluding tert-OH is 3. The summed E-state index contributed by atoms with van der Waals surface area (Å²) in [5.41, 5.74) is -1.19. The van der Waals surface area contributed by atoms with Gasteiger partial charge in [-0.3, -0.25) is 14.3 Å². The molecule has 2 heterocycles. The van der Waals surface area contributed by atoms with Crippen LogP contribution < -0.4 is 11.2 Å². The predicted octanol–water partition coefficient (Wildman–Crippen LogP) is -1.96. The van der Waals surface area contributed by atoms with Crippen LogP contribution >= 0.6 is 8.69 Å². The second kappa shape index (κ2) is 16.9. The largest absolute Gasteiger partial charge is 0.412 e. The van der Waals surface area contributed by atoms with Gasteiger partial charge < -0.3 is 35.2 Å². The molecule has 7 N–H and O–H groups in total. The zero-order valence-electron chi connectivity index (χ0n) is 14.9. The summed E-state index contributed by atoms with van der Waals surface area (Å²) < 4.78 is 20.0. The van der Waals surface area contributed by atoms with Crippen LogP contribution in [-0.4, -0.2) is 74.4 Å². The van der Waals surface area contributed by atoms with Crippen molar-refractivity contribution in [3.63, 3.8) is 0 Å². The van der Waals surface area contributed by atoms with Gasteiger partial charge >= 0.3 is 14.4 Å². The van der Waals surface area contributed by atoms with E-state index in [-0.39, 0.29) is 6.90 Å². The Balaban J connectivity index is -0.000000262. The molecular weight excluding hydrogens is 375 g/mol. The van der Waals surface area contributed by atoms with Crippen molar-refractivity contribution in [2.24, 2.45) is 0 Å². The molecule has 0 amide bonds. The summed E-state index contributed by atoms with van der Waals surface area (Å²) in [5.74, 6) is 0. The molecular formula is C13H29N2O10P. The maximum atomic E-state index is 11.6. The van der Waals surface area contributed by atoms with Gasteiger partial charge in [0.05, 0.1) is 6.61 Å². The summed E-state index contributed by atoms with van der Waals surface area (Å²) in [6, 6.07) is 1.16. The highest BCUT2D eigenvalue weighted by Gasteiger charge is 2.45. The van der Waals surface area contributed by atoms with Gasteiger partial charge in [0.2, 0.25) is 0 Å². The molecule has 1 fully saturated rings. The second-order valence-electron chi connectivity index (χ2n) is 4.04. The van der Waals surface area contributed by atoms with E-state index in [9.17, 15) is 14.7 Å². The number of nitrogens with zero attached hydrogens (tertiary/aromatic N) is 1. The fourth-order valence-corrected chi connectivity index (χ4v) is 1.98. The average molecular weight is 404 g/mol. The van der Waals surface area contributed by atoms with Crippen LogP contribution in [0, 0.1) is 0 Å². The first-order chi connectivity index (χ1) is 12.0. The van der Waals surface area contributed by atoms with Crippen molar-refractivity contribution in [2.45, 2.75) is 38.4 Å². The van der Waals surface area contributed by atoms with E-state index in [4.69, 9.17) is 29.1 Å². The van der Waals surface area contributed by atoms with Gasteiger partial charge in [0.25, 0.3) is 5.56 Å². The number of hydrogen-bond donors (Lipinski definition) is 5. The number of H-pyrrole nitrogens is 1. The third-order valence-electron chi connectivity index (χ3n) is 2.89. The smallest absolute Gasteiger partial charge is 0.330 e. The van der Waals surface area contributed by atoms with E-state index >= 15 is 0 Å². The molecule has 26 heavy (non-hydrogen) atoms. The maximum Gasteiger partial charge on any atom is 0.330 e. The Hall–Kier alpha value is -1.50. The molecule has 156 valence electrons. The Labute approximate surface area is 152 Å². The SMILES string of the molecule is CC.CO.COC1C(O)C(CO)OC1n1ccc(=O)[nH]c1=O.O.O=PO.[HH]. The number of ether oxygens (including phenoxy) is 2. The Morgan fingerprint density at radius 3 is 2.27 bits per heavy atom. The predicted molar refractivity (Wildman–Crippen MR) is 94.2 cm³/mol. The summed E-state index contributed by atoms with van der Waals surface area (Å²) >= 11 is 0. The van der Waals surface area contributed by atoms with Gasteiger partial charge in [-0.25, -0.2) is 9.36 Å². The summed E-state index contributed by atoms with van der Waals surface area (Å²) in [5, 5.41) is 25.9. The van der Waals surface area contributed by atoms with Crippen LogP contribution in [0.5, 0.6) is 0 Å². The third kappa shape index (κ3) is 8.25. The third-order valence-corrected chi connectivity index (χ3v) is 2.89. The fraction of sp³-hybridized carbons (Fsp3) is 0.692. The van der Waals surface area contributed by atoms with Crippen LogP contribution in [0.3, 0.4) is 0 Å². The van der Waals surface area contributed by atoms with Crippen molar-refractivity contribution in [3.8, 4) is 0 Å². The van der Waals surface area contributed by atoms with Crippen LogP contribution in [0.15, 0.2) is 21.9 Å². The molecule has 0 bridgehead atoms. The molecule has 0 saturated carbocycles. The number of aromatic amines is 1. The molecule has 1 aromatic heterocycles. The van der Waals surface area contributed by atoms with Crippen molar-refractivity contribution in [2.75, 3.05) is 20.8 Å². The van der Waals surface area contributed by atoms with E-state index in [1.807, 2.05) is 13.8 Å². The number of aliphatic hydroxyl groups is 3. The molecule has 0 aliphatic carbocycles. The Bertz CT molecular complexity index is 585. The summed E-state index contributed by atoms with van der Waals surface area (Å²) in [6.45, 7) is 3.61. The van der Waals surface area contributed by atoms with E-state index in [1.165, 1.54) is 13.3 Å². The zero-order chi connectivity index (χ0) is 20.0. The van der Waals surface area contributed by atoms with E-state index in [1.54, 1.807) is 0 Å². The minimum atomic E-state index is -1.05. The molecule has 2 rings (SSSR count). The number of hydrogen-bond acceptors (Lipinski definition) is 8. The molecule has 1 aromatic rings. The highest BCUT2D eigenvalue weighted by atomic mass is 31.1. The molecule has 4 atom stereocenters. The van der Waals surface area contributed by atoms with Crippen LogP contribution in [0.2, 0.25) is 0 Å². The first-order valence-electron chi connectivity index (χ1n) is 7.20. The summed E-state index contributed by atoms with van der Waals surface area (Å²) in [4.78, 5) is 31.6. The summed E-state index contributed by atoms with van der Waals surface area (Å²) in [7, 11) is 1.53. The molecule has 1 saturated heterocycles. The van der Waals surface area contributed by atoms with Gasteiger partial charge in [0.15, 0.2) is 6.23 Å². The lowest BCUT2D eigenvalue weighted by molar-refractivity contribution is -0.0625. The molecule has 0 spiro atoms. The summed E-state index contributed by atoms with van der Waals surface area (Å²) in [6.07, 6.45) is -2.33. The van der Waals surface area contributed by atoms with Crippen LogP contribution in [0.4, 0.5) is 0 Å². The molecule has 0 aromatic carbocycles. The highest BCUT2D eigenvalue weighted by molar-refractivity contribution is 7.16. The van der Waals surface area contributed by atoms with Crippen LogP contribution in [-0.2, 0) is 14.0 Å². The van der Waals surface area contributed by atoms with Crippen molar-refractivity contribution in [1.82, 2.24) is 9.55 Å². The quantitative estimate of drug-likeness (QED) is 0.354. The van der Waals surface area contributed by atoms with Gasteiger partial charge in [0, 0.05) is 27.9 Å². The van der Waals surface area contributed by atoms with Crippen molar-refractivity contribution in [1.29, 1.82) is 0 Å². The van der Waals surface area contributed by atoms with Gasteiger partial charge in [-0.15, -0.1) is 0 Å². The zero-order valence-corrected chi connectivity index (χ0v) is 15.8. The average Bonchev–Trinajstić information content (AvgIpc) is 2.94. The van der Waals surface area contributed by atoms with Gasteiger partial charge in [-0.1, -0.05) is 13.8 Å². The van der Waals surface area contributed by atoms with E-state index in [0.717, 1.165) is 17.7 Å². The minimum Gasteiger partial charge on any atom is -0.412 e. The first kappa shape index (κ1) is 29.3. The Morgan fingerprint density at radius 2 is 1.88 bits per heavy atom. The van der Waals surface area contributed by atoms with Crippen molar-refractivity contribution < 1.29 is 41.2 Å². The number of nitrogens with one attached hydrogen (secondary N) is 1. The lowest BCUT2D eigenvalue weighted by atomic mass is 10.1. The fourth-order valence-electron chi connectivity index (χ4n) is 1.98. The van der Waals surface area contributed by atoms with Gasteiger partial charge in [-0.05, 0) is 0 Å². The van der Waals surface area contributed by atoms with Crippen LogP contribution in [0.1, 0.15) is 21.5 Å². The van der Waals surface area contributed by atoms with Gasteiger partial charge in [0.1, 0.15) is 18.3 Å². The van der Waals surface area contributed by atoms with Crippen molar-refractivity contribution >= 4 is 8.69 Å². The lowest BCUT2D eigenvalue weighted by Crippen LogP contribution is -2.38. The van der Waals surface area contributed by atoms with E-state index in [0.29, 0.717) is 0 Å². The first-order valence-corrected chi connectivity index (χ1v) is 7.96. The van der Waals surface area contributed by atoms with Crippen molar-refractivity contribution in [3.05, 3.63) is 33.1 Å². The molecule has 12 nitrogen and oxygen atoms in total. The standard InChI is InChI=1S/C10H14N2O6.C2H6.CH4O.HO2P.H2O.H2/c1-17-8-7(15)5(4-13)18-9(8)12-3-2-6(14)11-10(12)16;2*1-2;1-3-2;;/h2-3,5,7-9,13,15H,4H2,1H3,(H,11,14,16);1-2H3;2H,1H3;(H,1,2);1H2;1H. The van der Waals surface area contributed by atoms with E-state index in [2.05, 4.69) is 4.98 Å². The maximum absolute atomic E-state index is 11.6. The topological polar surface area (TPSA) is 203 Å². The molecule has 0 radical (unpaired) electrons. The molecule has 13 heteroatoms. The van der Waals surface area contributed by atoms with E-state index < -0.39 is 51.1 Å². The lowest BCUT2D eigenvalue weighted by Gasteiger charge is -2.19. The monoisotopic (exact) mass is 404 g/mol. The van der Waals surface area contributed by atoms with Gasteiger partial charge in [-0.2, -0.15) is 0 Å². The molecule has 1 aliphatic heterocycles. The highest BCUT2D eigenvalue weighted by Crippen LogP contribution is 2.29.